The van der Waals surface area contributed by atoms with Crippen molar-refractivity contribution in [3.8, 4) is 22.8 Å². The highest BCUT2D eigenvalue weighted by atomic mass is 19.1. The molecular formula is C46H52FN7O4. The zero-order valence-electron chi connectivity index (χ0n) is 33.3. The van der Waals surface area contributed by atoms with Gasteiger partial charge in [-0.25, -0.2) is 9.37 Å². The normalized spacial score (nSPS) is 21.7. The molecule has 3 aromatic carbocycles. The first-order valence-corrected chi connectivity index (χ1v) is 20.5. The third-order valence-corrected chi connectivity index (χ3v) is 11.4. The van der Waals surface area contributed by atoms with E-state index in [1.54, 1.807) is 12.3 Å². The first-order chi connectivity index (χ1) is 28.2. The van der Waals surface area contributed by atoms with Gasteiger partial charge in [-0.2, -0.15) is 0 Å². The number of nitrogens with one attached hydrogen (secondary N) is 3. The first-order valence-electron chi connectivity index (χ1n) is 20.5. The van der Waals surface area contributed by atoms with E-state index < -0.39 is 11.7 Å². The van der Waals surface area contributed by atoms with E-state index in [2.05, 4.69) is 73.8 Å². The smallest absolute Gasteiger partial charge is 0.257 e. The van der Waals surface area contributed by atoms with Crippen molar-refractivity contribution in [2.24, 2.45) is 0 Å². The van der Waals surface area contributed by atoms with Crippen LogP contribution < -0.4 is 20.7 Å². The van der Waals surface area contributed by atoms with E-state index >= 15 is 0 Å². The Morgan fingerprint density at radius 2 is 1.52 bits per heavy atom. The number of aromatic nitrogens is 2. The molecule has 0 radical (unpaired) electrons. The number of piperazine rings is 1. The summed E-state index contributed by atoms with van der Waals surface area (Å²) in [6, 6.07) is 25.8. The van der Waals surface area contributed by atoms with E-state index in [-0.39, 0.29) is 29.4 Å². The highest BCUT2D eigenvalue weighted by Crippen LogP contribution is 2.32. The fraction of sp³-hybridized carbons (Fsp3) is 0.391. The number of hydrogen-bond donors (Lipinski definition) is 3. The SMILES string of the molecule is C[C@@H]1CN(Cc2ccc(-c3cccc(Oc4ncc(F)cc4C(=O)NC4CCC(NC(=O)c5cccc6cccnc56)CC4)c3)c(CN3CCOCC3)c2)C[C@H](C)N1. The van der Waals surface area contributed by atoms with Crippen LogP contribution in [-0.2, 0) is 17.8 Å². The second kappa shape index (κ2) is 18.1. The number of pyridine rings is 2. The summed E-state index contributed by atoms with van der Waals surface area (Å²) in [7, 11) is 0. The van der Waals surface area contributed by atoms with Gasteiger partial charge in [-0.1, -0.05) is 48.5 Å². The number of benzene rings is 3. The Morgan fingerprint density at radius 3 is 2.28 bits per heavy atom. The average molecular weight is 786 g/mol. The van der Waals surface area contributed by atoms with Gasteiger partial charge in [-0.3, -0.25) is 24.4 Å². The lowest BCUT2D eigenvalue weighted by atomic mass is 9.90. The molecule has 0 unspecified atom stereocenters. The van der Waals surface area contributed by atoms with Gasteiger partial charge in [0.1, 0.15) is 17.1 Å². The molecule has 1 aliphatic carbocycles. The summed E-state index contributed by atoms with van der Waals surface area (Å²) in [6.07, 6.45) is 5.45. The molecular weight excluding hydrogens is 734 g/mol. The Bertz CT molecular complexity index is 2220. The molecule has 0 bridgehead atoms. The van der Waals surface area contributed by atoms with Crippen molar-refractivity contribution in [1.29, 1.82) is 0 Å². The van der Waals surface area contributed by atoms with Crippen LogP contribution >= 0.6 is 0 Å². The Morgan fingerprint density at radius 1 is 0.810 bits per heavy atom. The number of amides is 2. The lowest BCUT2D eigenvalue weighted by Gasteiger charge is -2.36. The number of morpholine rings is 1. The van der Waals surface area contributed by atoms with Crippen LogP contribution in [0.15, 0.2) is 91.3 Å². The zero-order valence-corrected chi connectivity index (χ0v) is 33.3. The van der Waals surface area contributed by atoms with Crippen molar-refractivity contribution < 1.29 is 23.5 Å². The molecule has 8 rings (SSSR count). The third kappa shape index (κ3) is 9.70. The Hall–Kier alpha value is -5.27. The number of halogens is 1. The fourth-order valence-corrected chi connectivity index (χ4v) is 8.69. The number of ether oxygens (including phenoxy) is 2. The molecule has 3 N–H and O–H groups in total. The van der Waals surface area contributed by atoms with E-state index in [9.17, 15) is 14.0 Å². The van der Waals surface area contributed by atoms with Crippen LogP contribution in [0, 0.1) is 5.82 Å². The largest absolute Gasteiger partial charge is 0.438 e. The molecule has 11 nitrogen and oxygen atoms in total. The second-order valence-corrected chi connectivity index (χ2v) is 16.1. The Kier molecular flexibility index (Phi) is 12.4. The van der Waals surface area contributed by atoms with Gasteiger partial charge in [0.2, 0.25) is 5.88 Å². The van der Waals surface area contributed by atoms with Crippen LogP contribution in [0.2, 0.25) is 0 Å². The summed E-state index contributed by atoms with van der Waals surface area (Å²) in [5.74, 6) is -0.714. The molecule has 2 aliphatic heterocycles. The van der Waals surface area contributed by atoms with Gasteiger partial charge in [-0.15, -0.1) is 0 Å². The van der Waals surface area contributed by atoms with Crippen molar-refractivity contribution in [2.45, 2.75) is 76.8 Å². The standard InChI is InChI=1S/C46H52FN7O4/c1-30-26-54(27-31(2)50-30)28-32-11-16-40(35(22-32)29-53-18-20-57-21-19-53)34-7-3-9-39(23-34)58-46-42(24-36(47)25-49-46)45(56)52-38-14-12-37(13-15-38)51-44(55)41-10-4-6-33-8-5-17-48-43(33)41/h3-11,16-17,22-25,30-31,37-38,50H,12-15,18-21,26-29H2,1-2H3,(H,51,55)(H,52,56)/t30-,31+,37?,38?. The molecule has 12 heteroatoms. The number of rotatable bonds is 11. The molecule has 2 saturated heterocycles. The average Bonchev–Trinajstić information content (AvgIpc) is 3.22. The second-order valence-electron chi connectivity index (χ2n) is 16.1. The number of hydrogen-bond acceptors (Lipinski definition) is 9. The van der Waals surface area contributed by atoms with Crippen LogP contribution in [0.5, 0.6) is 11.6 Å². The molecule has 3 aliphatic rings. The van der Waals surface area contributed by atoms with Crippen LogP contribution in [0.1, 0.15) is 71.4 Å². The van der Waals surface area contributed by atoms with Crippen molar-refractivity contribution >= 4 is 22.7 Å². The quantitative estimate of drug-likeness (QED) is 0.134. The molecule has 5 aromatic rings. The van der Waals surface area contributed by atoms with Gasteiger partial charge < -0.3 is 25.4 Å². The van der Waals surface area contributed by atoms with Gasteiger partial charge >= 0.3 is 0 Å². The zero-order chi connectivity index (χ0) is 40.0. The maximum absolute atomic E-state index is 14.6. The highest BCUT2D eigenvalue weighted by molar-refractivity contribution is 6.05. The summed E-state index contributed by atoms with van der Waals surface area (Å²) >= 11 is 0. The summed E-state index contributed by atoms with van der Waals surface area (Å²) in [5.41, 5.74) is 5.83. The van der Waals surface area contributed by atoms with Crippen LogP contribution in [0.25, 0.3) is 22.0 Å². The first kappa shape index (κ1) is 39.6. The predicted molar refractivity (Wildman–Crippen MR) is 222 cm³/mol. The van der Waals surface area contributed by atoms with Crippen LogP contribution in [-0.4, -0.2) is 95.1 Å². The lowest BCUT2D eigenvalue weighted by molar-refractivity contribution is 0.0342. The third-order valence-electron chi connectivity index (χ3n) is 11.4. The molecule has 4 heterocycles. The van der Waals surface area contributed by atoms with E-state index in [1.165, 1.54) is 17.2 Å². The lowest BCUT2D eigenvalue weighted by Crippen LogP contribution is -2.53. The number of carbonyl (C=O) groups is 2. The molecule has 1 saturated carbocycles. The van der Waals surface area contributed by atoms with E-state index in [1.807, 2.05) is 42.5 Å². The van der Waals surface area contributed by atoms with Gasteiger partial charge in [0, 0.05) is 75.0 Å². The Balaban J connectivity index is 0.938. The minimum Gasteiger partial charge on any atom is -0.438 e. The van der Waals surface area contributed by atoms with Crippen molar-refractivity contribution in [1.82, 2.24) is 35.7 Å². The fourth-order valence-electron chi connectivity index (χ4n) is 8.69. The number of carbonyl (C=O) groups excluding carboxylic acids is 2. The van der Waals surface area contributed by atoms with Gasteiger partial charge in [0.05, 0.1) is 30.5 Å². The molecule has 0 spiro atoms. The summed E-state index contributed by atoms with van der Waals surface area (Å²) in [5, 5.41) is 10.8. The number of fused-ring (bicyclic) bond motifs is 1. The van der Waals surface area contributed by atoms with Crippen molar-refractivity contribution in [3.63, 3.8) is 0 Å². The maximum atomic E-state index is 14.6. The van der Waals surface area contributed by atoms with Gasteiger partial charge in [0.25, 0.3) is 11.8 Å². The topological polar surface area (TPSA) is 121 Å². The highest BCUT2D eigenvalue weighted by Gasteiger charge is 2.27. The van der Waals surface area contributed by atoms with Crippen molar-refractivity contribution in [2.75, 3.05) is 39.4 Å². The van der Waals surface area contributed by atoms with E-state index in [0.717, 1.165) is 75.2 Å². The van der Waals surface area contributed by atoms with Gasteiger partial charge in [-0.05, 0) is 92.1 Å². The molecule has 2 aromatic heterocycles. The molecule has 2 atom stereocenters. The van der Waals surface area contributed by atoms with Crippen molar-refractivity contribution in [3.05, 3.63) is 119 Å². The molecule has 2 amide bonds. The molecule has 3 fully saturated rings. The Labute approximate surface area is 339 Å². The molecule has 58 heavy (non-hydrogen) atoms. The van der Waals surface area contributed by atoms with Gasteiger partial charge in [0.15, 0.2) is 0 Å². The monoisotopic (exact) mass is 785 g/mol. The number of para-hydroxylation sites is 1. The maximum Gasteiger partial charge on any atom is 0.257 e. The number of nitrogens with zero attached hydrogens (tertiary/aromatic N) is 4. The molecule has 302 valence electrons. The summed E-state index contributed by atoms with van der Waals surface area (Å²) in [6.45, 7) is 11.4. The van der Waals surface area contributed by atoms with E-state index in [0.29, 0.717) is 54.6 Å². The van der Waals surface area contributed by atoms with E-state index in [4.69, 9.17) is 9.47 Å². The minimum absolute atomic E-state index is 0.0261. The van der Waals surface area contributed by atoms with Crippen LogP contribution in [0.4, 0.5) is 4.39 Å². The van der Waals surface area contributed by atoms with Crippen LogP contribution in [0.3, 0.4) is 0 Å². The summed E-state index contributed by atoms with van der Waals surface area (Å²) in [4.78, 5) is 40.5. The minimum atomic E-state index is -0.627. The summed E-state index contributed by atoms with van der Waals surface area (Å²) < 4.78 is 26.5. The predicted octanol–water partition coefficient (Wildman–Crippen LogP) is 6.71.